The number of nitrogens with one attached hydrogen (secondary N) is 1. The molecule has 2 aliphatic rings. The van der Waals surface area contributed by atoms with Crippen LogP contribution in [0.4, 0.5) is 5.69 Å². The number of carbonyl (C=O) groups excluding carboxylic acids is 2. The first-order valence-corrected chi connectivity index (χ1v) is 11.2. The number of amides is 2. The highest BCUT2D eigenvalue weighted by molar-refractivity contribution is 5.96. The first kappa shape index (κ1) is 21.2. The minimum atomic E-state index is -0.553. The molecule has 3 aromatic rings. The van der Waals surface area contributed by atoms with Crippen molar-refractivity contribution < 1.29 is 14.1 Å². The van der Waals surface area contributed by atoms with Crippen molar-refractivity contribution in [3.63, 3.8) is 0 Å². The highest BCUT2D eigenvalue weighted by atomic mass is 16.5. The van der Waals surface area contributed by atoms with Crippen LogP contribution in [0.2, 0.25) is 0 Å². The standard InChI is InChI=1S/C24H28N6O3/c1-15(2)26-20(31)13-30-18-7-5-10-25-22(18)29-11-6-8-19(29)24(30)9-12-28(14-24)23(32)21-16(3)27-33-17(21)4/h5-8,10-11,15H,9,12-14H2,1-4H3,(H,26,31). The van der Waals surface area contributed by atoms with Crippen molar-refractivity contribution >= 4 is 17.5 Å². The van der Waals surface area contributed by atoms with Crippen molar-refractivity contribution in [2.75, 3.05) is 24.5 Å². The maximum Gasteiger partial charge on any atom is 0.259 e. The lowest BCUT2D eigenvalue weighted by Gasteiger charge is -2.46. The molecule has 0 radical (unpaired) electrons. The highest BCUT2D eigenvalue weighted by Crippen LogP contribution is 2.47. The summed E-state index contributed by atoms with van der Waals surface area (Å²) >= 11 is 0. The second kappa shape index (κ2) is 7.75. The van der Waals surface area contributed by atoms with E-state index in [2.05, 4.69) is 31.0 Å². The molecule has 5 rings (SSSR count). The van der Waals surface area contributed by atoms with Crippen LogP contribution in [0, 0.1) is 13.8 Å². The summed E-state index contributed by atoms with van der Waals surface area (Å²) in [5.74, 6) is 1.16. The summed E-state index contributed by atoms with van der Waals surface area (Å²) in [6.45, 7) is 8.62. The van der Waals surface area contributed by atoms with Crippen LogP contribution in [0.5, 0.6) is 0 Å². The van der Waals surface area contributed by atoms with Gasteiger partial charge in [-0.3, -0.25) is 9.59 Å². The van der Waals surface area contributed by atoms with Gasteiger partial charge in [-0.2, -0.15) is 0 Å². The molecule has 2 aliphatic heterocycles. The van der Waals surface area contributed by atoms with Crippen molar-refractivity contribution in [2.24, 2.45) is 0 Å². The summed E-state index contributed by atoms with van der Waals surface area (Å²) in [5, 5.41) is 6.96. The van der Waals surface area contributed by atoms with Gasteiger partial charge in [0.15, 0.2) is 5.82 Å². The third-order valence-electron chi connectivity index (χ3n) is 6.56. The predicted octanol–water partition coefficient (Wildman–Crippen LogP) is 2.56. The first-order valence-electron chi connectivity index (χ1n) is 11.2. The van der Waals surface area contributed by atoms with E-state index in [0.29, 0.717) is 36.5 Å². The van der Waals surface area contributed by atoms with Crippen LogP contribution >= 0.6 is 0 Å². The lowest BCUT2D eigenvalue weighted by molar-refractivity contribution is -0.120. The molecule has 0 aliphatic carbocycles. The number of hydrogen-bond donors (Lipinski definition) is 1. The van der Waals surface area contributed by atoms with E-state index in [9.17, 15) is 9.59 Å². The maximum absolute atomic E-state index is 13.5. The SMILES string of the molecule is Cc1noc(C)c1C(=O)N1CCC2(C1)c1cccn1-c1ncccc1N2CC(=O)NC(C)C. The number of likely N-dealkylation sites (tertiary alicyclic amines) is 1. The van der Waals surface area contributed by atoms with Crippen LogP contribution in [0.1, 0.15) is 47.8 Å². The average Bonchev–Trinajstić information content (AvgIpc) is 3.50. The van der Waals surface area contributed by atoms with Crippen LogP contribution in [-0.2, 0) is 10.3 Å². The van der Waals surface area contributed by atoms with Crippen LogP contribution in [0.3, 0.4) is 0 Å². The fraction of sp³-hybridized carbons (Fsp3) is 0.417. The van der Waals surface area contributed by atoms with Gasteiger partial charge in [-0.15, -0.1) is 0 Å². The summed E-state index contributed by atoms with van der Waals surface area (Å²) < 4.78 is 7.32. The number of nitrogens with zero attached hydrogens (tertiary/aromatic N) is 5. The smallest absolute Gasteiger partial charge is 0.259 e. The van der Waals surface area contributed by atoms with E-state index in [1.165, 1.54) is 0 Å². The number of carbonyl (C=O) groups is 2. The molecule has 172 valence electrons. The van der Waals surface area contributed by atoms with Gasteiger partial charge in [0.2, 0.25) is 5.91 Å². The summed E-state index contributed by atoms with van der Waals surface area (Å²) in [4.78, 5) is 35.0. The monoisotopic (exact) mass is 448 g/mol. The van der Waals surface area contributed by atoms with E-state index in [1.807, 2.05) is 43.1 Å². The van der Waals surface area contributed by atoms with Crippen molar-refractivity contribution in [3.8, 4) is 5.82 Å². The number of aryl methyl sites for hydroxylation is 2. The molecule has 0 saturated carbocycles. The molecule has 1 fully saturated rings. The second-order valence-electron chi connectivity index (χ2n) is 9.13. The van der Waals surface area contributed by atoms with Crippen molar-refractivity contribution in [3.05, 3.63) is 59.4 Å². The molecule has 0 aromatic carbocycles. The molecule has 5 heterocycles. The number of pyridine rings is 1. The number of fused-ring (bicyclic) bond motifs is 4. The zero-order valence-corrected chi connectivity index (χ0v) is 19.3. The minimum absolute atomic E-state index is 0.0386. The van der Waals surface area contributed by atoms with E-state index in [0.717, 1.165) is 17.2 Å². The van der Waals surface area contributed by atoms with Crippen LogP contribution in [0.25, 0.3) is 5.82 Å². The van der Waals surface area contributed by atoms with Gasteiger partial charge in [0.25, 0.3) is 5.91 Å². The Balaban J connectivity index is 1.57. The Bertz CT molecular complexity index is 1210. The van der Waals surface area contributed by atoms with Gasteiger partial charge in [0.05, 0.1) is 23.6 Å². The zero-order chi connectivity index (χ0) is 23.3. The largest absolute Gasteiger partial charge is 0.361 e. The molecule has 1 spiro atoms. The van der Waals surface area contributed by atoms with E-state index in [1.54, 1.807) is 20.0 Å². The fourth-order valence-corrected chi connectivity index (χ4v) is 5.19. The van der Waals surface area contributed by atoms with Gasteiger partial charge in [-0.05, 0) is 58.4 Å². The van der Waals surface area contributed by atoms with Gasteiger partial charge in [-0.25, -0.2) is 4.98 Å². The summed E-state index contributed by atoms with van der Waals surface area (Å²) in [6, 6.07) is 7.97. The number of anilines is 1. The van der Waals surface area contributed by atoms with Gasteiger partial charge in [0.1, 0.15) is 16.9 Å². The number of rotatable bonds is 4. The Kier molecular flexibility index (Phi) is 4.99. The Morgan fingerprint density at radius 2 is 2.06 bits per heavy atom. The molecular weight excluding hydrogens is 420 g/mol. The maximum atomic E-state index is 13.5. The molecule has 9 heteroatoms. The minimum Gasteiger partial charge on any atom is -0.361 e. The third kappa shape index (κ3) is 3.30. The van der Waals surface area contributed by atoms with Gasteiger partial charge >= 0.3 is 0 Å². The molecule has 1 saturated heterocycles. The number of hydrogen-bond acceptors (Lipinski definition) is 6. The van der Waals surface area contributed by atoms with Gasteiger partial charge < -0.3 is 24.2 Å². The summed E-state index contributed by atoms with van der Waals surface area (Å²) in [5.41, 5.74) is 2.46. The van der Waals surface area contributed by atoms with Crippen molar-refractivity contribution in [1.82, 2.24) is 24.9 Å². The highest BCUT2D eigenvalue weighted by Gasteiger charge is 2.51. The Morgan fingerprint density at radius 1 is 1.24 bits per heavy atom. The topological polar surface area (TPSA) is 96.5 Å². The molecule has 33 heavy (non-hydrogen) atoms. The molecule has 9 nitrogen and oxygen atoms in total. The van der Waals surface area contributed by atoms with E-state index < -0.39 is 5.54 Å². The predicted molar refractivity (Wildman–Crippen MR) is 122 cm³/mol. The summed E-state index contributed by atoms with van der Waals surface area (Å²) in [6.07, 6.45) is 4.44. The van der Waals surface area contributed by atoms with Crippen LogP contribution < -0.4 is 10.2 Å². The Labute approximate surface area is 192 Å². The van der Waals surface area contributed by atoms with E-state index >= 15 is 0 Å². The Hall–Kier alpha value is -3.62. The molecule has 3 aromatic heterocycles. The summed E-state index contributed by atoms with van der Waals surface area (Å²) in [7, 11) is 0. The Morgan fingerprint density at radius 3 is 2.79 bits per heavy atom. The quantitative estimate of drug-likeness (QED) is 0.659. The van der Waals surface area contributed by atoms with Crippen molar-refractivity contribution in [1.29, 1.82) is 0 Å². The lowest BCUT2D eigenvalue weighted by Crippen LogP contribution is -2.56. The average molecular weight is 449 g/mol. The van der Waals surface area contributed by atoms with Crippen LogP contribution in [-0.4, -0.2) is 57.1 Å². The number of aromatic nitrogens is 3. The first-order chi connectivity index (χ1) is 15.8. The molecule has 2 amide bonds. The normalized spacial score (nSPS) is 19.2. The fourth-order valence-electron chi connectivity index (χ4n) is 5.19. The molecule has 1 atom stereocenters. The molecule has 0 bridgehead atoms. The third-order valence-corrected chi connectivity index (χ3v) is 6.56. The van der Waals surface area contributed by atoms with Gasteiger partial charge in [-0.1, -0.05) is 5.16 Å². The lowest BCUT2D eigenvalue weighted by atomic mass is 9.88. The second-order valence-corrected chi connectivity index (χ2v) is 9.13. The van der Waals surface area contributed by atoms with E-state index in [4.69, 9.17) is 4.52 Å². The molecule has 1 N–H and O–H groups in total. The van der Waals surface area contributed by atoms with Gasteiger partial charge in [0, 0.05) is 31.5 Å². The van der Waals surface area contributed by atoms with Crippen molar-refractivity contribution in [2.45, 2.75) is 45.7 Å². The molecule has 1 unspecified atom stereocenters. The van der Waals surface area contributed by atoms with E-state index in [-0.39, 0.29) is 24.4 Å². The van der Waals surface area contributed by atoms with Crippen LogP contribution in [0.15, 0.2) is 41.2 Å². The molecular formula is C24H28N6O3. The zero-order valence-electron chi connectivity index (χ0n) is 19.3.